The van der Waals surface area contributed by atoms with Crippen LogP contribution >= 0.6 is 0 Å². The van der Waals surface area contributed by atoms with Crippen molar-refractivity contribution in [2.24, 2.45) is 5.92 Å². The van der Waals surface area contributed by atoms with Crippen LogP contribution in [0.15, 0.2) is 0 Å². The van der Waals surface area contributed by atoms with Crippen molar-refractivity contribution in [1.82, 2.24) is 4.90 Å². The molecule has 0 fully saturated rings. The SMILES string of the molecule is CC(C)CCN(C)CCC(C)(C)O. The second kappa shape index (κ2) is 5.61. The molecular weight excluding hydrogens is 162 g/mol. The second-order valence-corrected chi connectivity index (χ2v) is 5.05. The van der Waals surface area contributed by atoms with Gasteiger partial charge >= 0.3 is 0 Å². The summed E-state index contributed by atoms with van der Waals surface area (Å²) in [6, 6.07) is 0. The normalized spacial score (nSPS) is 12.9. The molecule has 0 radical (unpaired) electrons. The standard InChI is InChI=1S/C11H25NO/c1-10(2)6-8-12(5)9-7-11(3,4)13/h10,13H,6-9H2,1-5H3. The summed E-state index contributed by atoms with van der Waals surface area (Å²) in [4.78, 5) is 2.29. The first-order chi connectivity index (χ1) is 5.81. The summed E-state index contributed by atoms with van der Waals surface area (Å²) in [7, 11) is 2.12. The first kappa shape index (κ1) is 12.9. The Morgan fingerprint density at radius 2 is 1.77 bits per heavy atom. The Hall–Kier alpha value is -0.0800. The molecule has 0 spiro atoms. The molecule has 0 heterocycles. The number of nitrogens with zero attached hydrogens (tertiary/aromatic N) is 1. The van der Waals surface area contributed by atoms with Crippen LogP contribution in [0.2, 0.25) is 0 Å². The zero-order valence-electron chi connectivity index (χ0n) is 9.80. The summed E-state index contributed by atoms with van der Waals surface area (Å²) < 4.78 is 0. The van der Waals surface area contributed by atoms with Gasteiger partial charge in [0.15, 0.2) is 0 Å². The lowest BCUT2D eigenvalue weighted by atomic mass is 10.1. The van der Waals surface area contributed by atoms with Crippen LogP contribution in [0.1, 0.15) is 40.5 Å². The van der Waals surface area contributed by atoms with Crippen LogP contribution in [0.25, 0.3) is 0 Å². The Balaban J connectivity index is 3.46. The molecule has 0 unspecified atom stereocenters. The number of rotatable bonds is 6. The topological polar surface area (TPSA) is 23.5 Å². The maximum atomic E-state index is 9.52. The minimum Gasteiger partial charge on any atom is -0.390 e. The molecule has 0 saturated carbocycles. The van der Waals surface area contributed by atoms with E-state index >= 15 is 0 Å². The first-order valence-corrected chi connectivity index (χ1v) is 5.22. The fourth-order valence-corrected chi connectivity index (χ4v) is 1.05. The van der Waals surface area contributed by atoms with Gasteiger partial charge in [-0.1, -0.05) is 13.8 Å². The summed E-state index contributed by atoms with van der Waals surface area (Å²) in [5.74, 6) is 0.768. The highest BCUT2D eigenvalue weighted by molar-refractivity contribution is 4.67. The fraction of sp³-hybridized carbons (Fsp3) is 1.00. The molecule has 1 N–H and O–H groups in total. The van der Waals surface area contributed by atoms with E-state index in [9.17, 15) is 5.11 Å². The summed E-state index contributed by atoms with van der Waals surface area (Å²) in [5, 5.41) is 9.52. The van der Waals surface area contributed by atoms with Gasteiger partial charge in [0.1, 0.15) is 0 Å². The van der Waals surface area contributed by atoms with Crippen molar-refractivity contribution in [3.63, 3.8) is 0 Å². The zero-order chi connectivity index (χ0) is 10.5. The molecule has 13 heavy (non-hydrogen) atoms. The minimum atomic E-state index is -0.522. The van der Waals surface area contributed by atoms with E-state index in [1.54, 1.807) is 0 Å². The molecule has 0 aromatic heterocycles. The molecule has 0 aromatic rings. The number of hydrogen-bond acceptors (Lipinski definition) is 2. The molecule has 0 saturated heterocycles. The van der Waals surface area contributed by atoms with E-state index in [0.29, 0.717) is 0 Å². The third kappa shape index (κ3) is 9.84. The van der Waals surface area contributed by atoms with Gasteiger partial charge in [0.05, 0.1) is 5.60 Å². The predicted octanol–water partition coefficient (Wildman–Crippen LogP) is 2.13. The third-order valence-electron chi connectivity index (χ3n) is 2.19. The maximum Gasteiger partial charge on any atom is 0.0603 e. The fourth-order valence-electron chi connectivity index (χ4n) is 1.05. The summed E-state index contributed by atoms with van der Waals surface area (Å²) in [6.07, 6.45) is 2.09. The van der Waals surface area contributed by atoms with Gasteiger partial charge in [0.25, 0.3) is 0 Å². The lowest BCUT2D eigenvalue weighted by Crippen LogP contribution is -2.29. The zero-order valence-corrected chi connectivity index (χ0v) is 9.80. The molecule has 0 rings (SSSR count). The quantitative estimate of drug-likeness (QED) is 0.688. The monoisotopic (exact) mass is 187 g/mol. The average molecular weight is 187 g/mol. The van der Waals surface area contributed by atoms with E-state index in [2.05, 4.69) is 25.8 Å². The summed E-state index contributed by atoms with van der Waals surface area (Å²) in [6.45, 7) is 10.3. The number of hydrogen-bond donors (Lipinski definition) is 1. The average Bonchev–Trinajstić information content (AvgIpc) is 1.95. The van der Waals surface area contributed by atoms with Crippen molar-refractivity contribution in [1.29, 1.82) is 0 Å². The Morgan fingerprint density at radius 3 is 2.15 bits per heavy atom. The maximum absolute atomic E-state index is 9.52. The molecule has 0 aliphatic carbocycles. The van der Waals surface area contributed by atoms with Gasteiger partial charge in [-0.2, -0.15) is 0 Å². The second-order valence-electron chi connectivity index (χ2n) is 5.05. The lowest BCUT2D eigenvalue weighted by molar-refractivity contribution is 0.0603. The van der Waals surface area contributed by atoms with Gasteiger partial charge in [-0.25, -0.2) is 0 Å². The minimum absolute atomic E-state index is 0.522. The van der Waals surface area contributed by atoms with Gasteiger partial charge in [-0.3, -0.25) is 0 Å². The van der Waals surface area contributed by atoms with E-state index in [1.807, 2.05) is 13.8 Å². The van der Waals surface area contributed by atoms with Crippen LogP contribution in [0, 0.1) is 5.92 Å². The van der Waals surface area contributed by atoms with Crippen molar-refractivity contribution in [3.05, 3.63) is 0 Å². The van der Waals surface area contributed by atoms with Crippen molar-refractivity contribution in [2.45, 2.75) is 46.1 Å². The van der Waals surface area contributed by atoms with Crippen LogP contribution in [0.3, 0.4) is 0 Å². The lowest BCUT2D eigenvalue weighted by Gasteiger charge is -2.23. The van der Waals surface area contributed by atoms with Crippen LogP contribution in [-0.4, -0.2) is 35.7 Å². The van der Waals surface area contributed by atoms with Crippen molar-refractivity contribution < 1.29 is 5.11 Å². The van der Waals surface area contributed by atoms with E-state index < -0.39 is 5.60 Å². The van der Waals surface area contributed by atoms with E-state index in [4.69, 9.17) is 0 Å². The van der Waals surface area contributed by atoms with E-state index in [1.165, 1.54) is 6.42 Å². The van der Waals surface area contributed by atoms with Crippen LogP contribution in [0.5, 0.6) is 0 Å². The smallest absolute Gasteiger partial charge is 0.0603 e. The van der Waals surface area contributed by atoms with E-state index in [-0.39, 0.29) is 0 Å². The predicted molar refractivity (Wildman–Crippen MR) is 57.9 cm³/mol. The molecule has 0 atom stereocenters. The van der Waals surface area contributed by atoms with Gasteiger partial charge in [0.2, 0.25) is 0 Å². The Morgan fingerprint density at radius 1 is 1.23 bits per heavy atom. The van der Waals surface area contributed by atoms with Crippen LogP contribution in [0.4, 0.5) is 0 Å². The van der Waals surface area contributed by atoms with Gasteiger partial charge in [0, 0.05) is 6.54 Å². The van der Waals surface area contributed by atoms with Crippen molar-refractivity contribution in [2.75, 3.05) is 20.1 Å². The molecule has 2 heteroatoms. The molecule has 0 aliphatic rings. The molecular formula is C11H25NO. The van der Waals surface area contributed by atoms with Gasteiger partial charge in [-0.05, 0) is 46.2 Å². The first-order valence-electron chi connectivity index (χ1n) is 5.22. The van der Waals surface area contributed by atoms with Crippen molar-refractivity contribution >= 4 is 0 Å². The highest BCUT2D eigenvalue weighted by Crippen LogP contribution is 2.08. The van der Waals surface area contributed by atoms with Crippen molar-refractivity contribution in [3.8, 4) is 0 Å². The summed E-state index contributed by atoms with van der Waals surface area (Å²) in [5.41, 5.74) is -0.522. The highest BCUT2D eigenvalue weighted by Gasteiger charge is 2.13. The molecule has 0 aromatic carbocycles. The Labute approximate surface area is 82.9 Å². The molecule has 2 nitrogen and oxygen atoms in total. The van der Waals surface area contributed by atoms with E-state index in [0.717, 1.165) is 25.4 Å². The van der Waals surface area contributed by atoms with Gasteiger partial charge < -0.3 is 10.0 Å². The molecule has 0 aliphatic heterocycles. The Bertz CT molecular complexity index is 127. The van der Waals surface area contributed by atoms with Crippen LogP contribution in [-0.2, 0) is 0 Å². The molecule has 80 valence electrons. The Kier molecular flexibility index (Phi) is 5.57. The molecule has 0 bridgehead atoms. The van der Waals surface area contributed by atoms with Gasteiger partial charge in [-0.15, -0.1) is 0 Å². The highest BCUT2D eigenvalue weighted by atomic mass is 16.3. The number of aliphatic hydroxyl groups is 1. The summed E-state index contributed by atoms with van der Waals surface area (Å²) >= 11 is 0. The van der Waals surface area contributed by atoms with Crippen LogP contribution < -0.4 is 0 Å². The third-order valence-corrected chi connectivity index (χ3v) is 2.19. The molecule has 0 amide bonds. The largest absolute Gasteiger partial charge is 0.390 e.